The summed E-state index contributed by atoms with van der Waals surface area (Å²) in [5, 5.41) is 11.6. The monoisotopic (exact) mass is 559 g/mol. The normalized spacial score (nSPS) is 19.6. The van der Waals surface area contributed by atoms with E-state index in [0.717, 1.165) is 28.2 Å². The predicted octanol–water partition coefficient (Wildman–Crippen LogP) is 6.01. The molecule has 5 rings (SSSR count). The standard InChI is InChI=1S/C30H36F3N3O4/c1-28(2,3)40-27(38)35-13-11-29(12-14-35)18-36(16-19-7-5-6-8-22(19)30(31,32)33)24(17-37)26-25(29)21-10-9-20(39-4)15-23(21)34-26/h5-10,15,24,34,37H,11-14,16-18H2,1-4H3. The van der Waals surface area contributed by atoms with Gasteiger partial charge < -0.3 is 24.5 Å². The van der Waals surface area contributed by atoms with Gasteiger partial charge in [-0.3, -0.25) is 4.90 Å². The number of aliphatic hydroxyl groups excluding tert-OH is 1. The highest BCUT2D eigenvalue weighted by atomic mass is 19.4. The SMILES string of the molecule is COc1ccc2c3c([nH]c2c1)C(CO)N(Cc1ccccc1C(F)(F)F)CC31CCN(C(=O)OC(C)(C)C)CC1. The number of alkyl halides is 3. The predicted molar refractivity (Wildman–Crippen MR) is 145 cm³/mol. The highest BCUT2D eigenvalue weighted by Gasteiger charge is 2.48. The number of piperidine rings is 1. The second-order valence-corrected chi connectivity index (χ2v) is 11.8. The maximum Gasteiger partial charge on any atom is 0.416 e. The minimum Gasteiger partial charge on any atom is -0.497 e. The Morgan fingerprint density at radius 2 is 1.82 bits per heavy atom. The van der Waals surface area contributed by atoms with Gasteiger partial charge in [0.25, 0.3) is 0 Å². The molecular weight excluding hydrogens is 523 g/mol. The molecule has 0 bridgehead atoms. The molecule has 3 heterocycles. The van der Waals surface area contributed by atoms with Crippen molar-refractivity contribution in [2.75, 3.05) is 33.4 Å². The van der Waals surface area contributed by atoms with Crippen molar-refractivity contribution in [1.29, 1.82) is 0 Å². The summed E-state index contributed by atoms with van der Waals surface area (Å²) in [5.74, 6) is 0.677. The number of amides is 1. The lowest BCUT2D eigenvalue weighted by Crippen LogP contribution is -2.54. The van der Waals surface area contributed by atoms with Crippen LogP contribution in [0.2, 0.25) is 0 Å². The highest BCUT2D eigenvalue weighted by Crippen LogP contribution is 2.50. The van der Waals surface area contributed by atoms with E-state index in [9.17, 15) is 23.1 Å². The number of hydrogen-bond donors (Lipinski definition) is 2. The van der Waals surface area contributed by atoms with Gasteiger partial charge in [-0.25, -0.2) is 4.79 Å². The molecule has 2 aliphatic heterocycles. The smallest absolute Gasteiger partial charge is 0.416 e. The van der Waals surface area contributed by atoms with Crippen LogP contribution in [0.1, 0.15) is 62.0 Å². The summed E-state index contributed by atoms with van der Waals surface area (Å²) < 4.78 is 52.7. The maximum atomic E-state index is 13.9. The van der Waals surface area contributed by atoms with E-state index in [2.05, 4.69) is 4.98 Å². The second kappa shape index (κ2) is 10.3. The van der Waals surface area contributed by atoms with Gasteiger partial charge in [-0.2, -0.15) is 13.2 Å². The van der Waals surface area contributed by atoms with Crippen molar-refractivity contribution in [2.45, 2.75) is 63.4 Å². The Labute approximate surface area is 231 Å². The van der Waals surface area contributed by atoms with Crippen LogP contribution in [-0.4, -0.2) is 64.9 Å². The average molecular weight is 560 g/mol. The fourth-order valence-electron chi connectivity index (χ4n) is 6.28. The largest absolute Gasteiger partial charge is 0.497 e. The molecule has 7 nitrogen and oxygen atoms in total. The number of likely N-dealkylation sites (tertiary alicyclic amines) is 1. The molecule has 216 valence electrons. The van der Waals surface area contributed by atoms with Crippen LogP contribution in [-0.2, 0) is 22.9 Å². The maximum absolute atomic E-state index is 13.9. The molecule has 2 N–H and O–H groups in total. The van der Waals surface area contributed by atoms with Gasteiger partial charge in [-0.05, 0) is 62.9 Å². The fraction of sp³-hybridized carbons (Fsp3) is 0.500. The molecule has 2 aromatic carbocycles. The molecule has 1 aromatic heterocycles. The molecule has 0 radical (unpaired) electrons. The van der Waals surface area contributed by atoms with E-state index in [1.165, 1.54) is 12.1 Å². The summed E-state index contributed by atoms with van der Waals surface area (Å²) in [7, 11) is 1.59. The van der Waals surface area contributed by atoms with E-state index >= 15 is 0 Å². The quantitative estimate of drug-likeness (QED) is 0.409. The molecule has 3 aromatic rings. The molecule has 1 unspecified atom stereocenters. The number of carbonyl (C=O) groups is 1. The molecule has 0 saturated carbocycles. The zero-order valence-electron chi connectivity index (χ0n) is 23.3. The van der Waals surface area contributed by atoms with Gasteiger partial charge >= 0.3 is 12.3 Å². The number of hydrogen-bond acceptors (Lipinski definition) is 5. The number of methoxy groups -OCH3 is 1. The van der Waals surface area contributed by atoms with Gasteiger partial charge in [0.1, 0.15) is 11.4 Å². The molecule has 1 saturated heterocycles. The van der Waals surface area contributed by atoms with E-state index < -0.39 is 28.8 Å². The number of aromatic nitrogens is 1. The Balaban J connectivity index is 1.56. The summed E-state index contributed by atoms with van der Waals surface area (Å²) in [6.45, 7) is 6.60. The summed E-state index contributed by atoms with van der Waals surface area (Å²) in [6.07, 6.45) is -3.65. The number of nitrogens with one attached hydrogen (secondary N) is 1. The van der Waals surface area contributed by atoms with E-state index in [0.29, 0.717) is 38.2 Å². The summed E-state index contributed by atoms with van der Waals surface area (Å²) in [4.78, 5) is 20.0. The molecule has 1 amide bonds. The van der Waals surface area contributed by atoms with Crippen molar-refractivity contribution in [3.05, 3.63) is 64.8 Å². The first kappa shape index (κ1) is 28.3. The van der Waals surface area contributed by atoms with Crippen molar-refractivity contribution in [3.63, 3.8) is 0 Å². The van der Waals surface area contributed by atoms with Gasteiger partial charge in [0.05, 0.1) is 25.3 Å². The number of rotatable bonds is 4. The number of halogens is 3. The number of aromatic amines is 1. The molecular formula is C30H36F3N3O4. The number of benzene rings is 2. The van der Waals surface area contributed by atoms with Crippen LogP contribution >= 0.6 is 0 Å². The number of nitrogens with zero attached hydrogens (tertiary/aromatic N) is 2. The summed E-state index contributed by atoms with van der Waals surface area (Å²) in [6, 6.07) is 10.9. The first-order valence-electron chi connectivity index (χ1n) is 13.5. The number of fused-ring (bicyclic) bond motifs is 4. The van der Waals surface area contributed by atoms with Crippen LogP contribution in [0.4, 0.5) is 18.0 Å². The molecule has 1 spiro atoms. The average Bonchev–Trinajstić information content (AvgIpc) is 3.27. The molecule has 40 heavy (non-hydrogen) atoms. The minimum absolute atomic E-state index is 0.0244. The molecule has 2 aliphatic rings. The van der Waals surface area contributed by atoms with Crippen molar-refractivity contribution in [3.8, 4) is 5.75 Å². The Morgan fingerprint density at radius 3 is 2.45 bits per heavy atom. The van der Waals surface area contributed by atoms with Crippen LogP contribution in [0.5, 0.6) is 5.75 Å². The zero-order chi connectivity index (χ0) is 28.9. The third kappa shape index (κ3) is 5.26. The fourth-order valence-corrected chi connectivity index (χ4v) is 6.28. The van der Waals surface area contributed by atoms with Gasteiger partial charge in [-0.15, -0.1) is 0 Å². The number of carbonyl (C=O) groups excluding carboxylic acids is 1. The third-order valence-electron chi connectivity index (χ3n) is 8.09. The Bertz CT molecular complexity index is 1390. The van der Waals surface area contributed by atoms with Crippen LogP contribution in [0.3, 0.4) is 0 Å². The van der Waals surface area contributed by atoms with E-state index in [1.54, 1.807) is 18.1 Å². The second-order valence-electron chi connectivity index (χ2n) is 11.8. The van der Waals surface area contributed by atoms with E-state index in [4.69, 9.17) is 9.47 Å². The topological polar surface area (TPSA) is 78.0 Å². The molecule has 1 atom stereocenters. The minimum atomic E-state index is -4.49. The van der Waals surface area contributed by atoms with E-state index in [-0.39, 0.29) is 24.8 Å². The van der Waals surface area contributed by atoms with E-state index in [1.807, 2.05) is 43.9 Å². The van der Waals surface area contributed by atoms with Crippen LogP contribution in [0.15, 0.2) is 42.5 Å². The van der Waals surface area contributed by atoms with Crippen LogP contribution in [0.25, 0.3) is 10.9 Å². The van der Waals surface area contributed by atoms with Crippen molar-refractivity contribution < 1.29 is 32.5 Å². The molecule has 0 aliphatic carbocycles. The first-order chi connectivity index (χ1) is 18.8. The van der Waals surface area contributed by atoms with Gasteiger partial charge in [0.2, 0.25) is 0 Å². The summed E-state index contributed by atoms with van der Waals surface area (Å²) >= 11 is 0. The lowest BCUT2D eigenvalue weighted by Gasteiger charge is -2.50. The van der Waals surface area contributed by atoms with Crippen LogP contribution < -0.4 is 4.74 Å². The van der Waals surface area contributed by atoms with Gasteiger partial charge in [0, 0.05) is 54.3 Å². The van der Waals surface area contributed by atoms with Gasteiger partial charge in [-0.1, -0.05) is 18.2 Å². The van der Waals surface area contributed by atoms with Crippen molar-refractivity contribution in [2.24, 2.45) is 0 Å². The van der Waals surface area contributed by atoms with Gasteiger partial charge in [0.15, 0.2) is 0 Å². The lowest BCUT2D eigenvalue weighted by atomic mass is 9.68. The number of aliphatic hydroxyl groups is 1. The van der Waals surface area contributed by atoms with Crippen molar-refractivity contribution in [1.82, 2.24) is 14.8 Å². The Hall–Kier alpha value is -3.24. The van der Waals surface area contributed by atoms with Crippen molar-refractivity contribution >= 4 is 17.0 Å². The Kier molecular flexibility index (Phi) is 7.29. The summed E-state index contributed by atoms with van der Waals surface area (Å²) in [5.41, 5.74) is 1.13. The van der Waals surface area contributed by atoms with Crippen LogP contribution in [0, 0.1) is 0 Å². The highest BCUT2D eigenvalue weighted by molar-refractivity contribution is 5.88. The first-order valence-corrected chi connectivity index (χ1v) is 13.5. The number of ether oxygens (including phenoxy) is 2. The molecule has 10 heteroatoms. The lowest BCUT2D eigenvalue weighted by molar-refractivity contribution is -0.138. The Morgan fingerprint density at radius 1 is 1.12 bits per heavy atom. The third-order valence-corrected chi connectivity index (χ3v) is 8.09. The molecule has 1 fully saturated rings. The zero-order valence-corrected chi connectivity index (χ0v) is 23.3. The number of H-pyrrole nitrogens is 1.